The predicted molar refractivity (Wildman–Crippen MR) is 103 cm³/mol. The van der Waals surface area contributed by atoms with Crippen molar-refractivity contribution in [1.29, 1.82) is 0 Å². The number of fused-ring (bicyclic) bond motifs is 1. The van der Waals surface area contributed by atoms with Crippen molar-refractivity contribution >= 4 is 51.7 Å². The SMILES string of the molecule is C[C@@H](OC(=O)c1cc(-c2ccc(Cl)s2)nc2ccccc12)C(=O)NC(N)=O. The molecule has 2 heterocycles. The Hall–Kier alpha value is -2.97. The summed E-state index contributed by atoms with van der Waals surface area (Å²) >= 11 is 7.32. The highest BCUT2D eigenvalue weighted by molar-refractivity contribution is 7.19. The van der Waals surface area contributed by atoms with Gasteiger partial charge in [0.1, 0.15) is 0 Å². The molecule has 1 aromatic carbocycles. The molecule has 0 saturated heterocycles. The number of carbonyl (C=O) groups excluding carboxylic acids is 3. The van der Waals surface area contributed by atoms with E-state index < -0.39 is 24.0 Å². The van der Waals surface area contributed by atoms with Crippen LogP contribution in [0, 0.1) is 0 Å². The standard InChI is InChI=1S/C18H14ClN3O4S/c1-9(16(23)22-18(20)25)26-17(24)11-8-13(14-6-7-15(19)27-14)21-12-5-3-2-4-10(11)12/h2-9H,1H3,(H3,20,22,23,25)/t9-/m1/s1. The number of pyridine rings is 1. The Bertz CT molecular complexity index is 1050. The zero-order chi connectivity index (χ0) is 19.6. The number of esters is 1. The number of ether oxygens (including phenoxy) is 1. The molecule has 3 aromatic rings. The third kappa shape index (κ3) is 4.24. The minimum Gasteiger partial charge on any atom is -0.449 e. The maximum atomic E-state index is 12.7. The number of nitrogens with two attached hydrogens (primary N) is 1. The monoisotopic (exact) mass is 403 g/mol. The average molecular weight is 404 g/mol. The van der Waals surface area contributed by atoms with Crippen molar-refractivity contribution in [3.8, 4) is 10.6 Å². The van der Waals surface area contributed by atoms with Crippen molar-refractivity contribution < 1.29 is 19.1 Å². The molecule has 0 radical (unpaired) electrons. The molecular weight excluding hydrogens is 390 g/mol. The lowest BCUT2D eigenvalue weighted by Gasteiger charge is -2.13. The number of amides is 3. The summed E-state index contributed by atoms with van der Waals surface area (Å²) in [5.74, 6) is -1.52. The van der Waals surface area contributed by atoms with E-state index in [1.54, 1.807) is 36.4 Å². The highest BCUT2D eigenvalue weighted by atomic mass is 35.5. The number of carbonyl (C=O) groups is 3. The second kappa shape index (κ2) is 7.73. The Morgan fingerprint density at radius 2 is 1.96 bits per heavy atom. The van der Waals surface area contributed by atoms with Gasteiger partial charge in [-0.2, -0.15) is 0 Å². The maximum Gasteiger partial charge on any atom is 0.339 e. The number of halogens is 1. The van der Waals surface area contributed by atoms with Crippen LogP contribution in [0.3, 0.4) is 0 Å². The molecule has 0 aliphatic carbocycles. The van der Waals surface area contributed by atoms with Crippen molar-refractivity contribution in [2.45, 2.75) is 13.0 Å². The van der Waals surface area contributed by atoms with Crippen molar-refractivity contribution in [2.75, 3.05) is 0 Å². The van der Waals surface area contributed by atoms with E-state index in [2.05, 4.69) is 4.98 Å². The fourth-order valence-corrected chi connectivity index (χ4v) is 3.43. The number of hydrogen-bond donors (Lipinski definition) is 2. The van der Waals surface area contributed by atoms with Crippen molar-refractivity contribution in [2.24, 2.45) is 5.73 Å². The van der Waals surface area contributed by atoms with Gasteiger partial charge in [0, 0.05) is 5.39 Å². The van der Waals surface area contributed by atoms with Gasteiger partial charge in [-0.3, -0.25) is 10.1 Å². The zero-order valence-corrected chi connectivity index (χ0v) is 15.6. The molecule has 0 aliphatic heterocycles. The molecule has 0 aliphatic rings. The van der Waals surface area contributed by atoms with Gasteiger partial charge in [0.15, 0.2) is 6.10 Å². The van der Waals surface area contributed by atoms with Gasteiger partial charge < -0.3 is 10.5 Å². The van der Waals surface area contributed by atoms with Crippen LogP contribution in [-0.4, -0.2) is 29.0 Å². The van der Waals surface area contributed by atoms with Gasteiger partial charge in [-0.05, 0) is 31.2 Å². The number of hydrogen-bond acceptors (Lipinski definition) is 6. The molecule has 7 nitrogen and oxygen atoms in total. The molecule has 27 heavy (non-hydrogen) atoms. The summed E-state index contributed by atoms with van der Waals surface area (Å²) in [6.45, 7) is 1.35. The summed E-state index contributed by atoms with van der Waals surface area (Å²) in [5.41, 5.74) is 6.31. The van der Waals surface area contributed by atoms with E-state index in [4.69, 9.17) is 22.1 Å². The summed E-state index contributed by atoms with van der Waals surface area (Å²) in [7, 11) is 0. The molecule has 0 saturated carbocycles. The van der Waals surface area contributed by atoms with Gasteiger partial charge in [-0.15, -0.1) is 11.3 Å². The van der Waals surface area contributed by atoms with Crippen LogP contribution < -0.4 is 11.1 Å². The topological polar surface area (TPSA) is 111 Å². The van der Waals surface area contributed by atoms with E-state index in [1.807, 2.05) is 11.4 Å². The molecule has 1 atom stereocenters. The summed E-state index contributed by atoms with van der Waals surface area (Å²) in [6, 6.07) is 11.2. The third-order valence-corrected chi connectivity index (χ3v) is 4.91. The van der Waals surface area contributed by atoms with Crippen LogP contribution in [0.25, 0.3) is 21.5 Å². The van der Waals surface area contributed by atoms with Gasteiger partial charge in [0.2, 0.25) is 0 Å². The zero-order valence-electron chi connectivity index (χ0n) is 14.1. The molecule has 3 rings (SSSR count). The van der Waals surface area contributed by atoms with Crippen molar-refractivity contribution in [1.82, 2.24) is 10.3 Å². The minimum absolute atomic E-state index is 0.249. The summed E-state index contributed by atoms with van der Waals surface area (Å²) in [5, 5.41) is 2.45. The van der Waals surface area contributed by atoms with E-state index >= 15 is 0 Å². The number of rotatable bonds is 4. The molecule has 3 amide bonds. The van der Waals surface area contributed by atoms with E-state index in [1.165, 1.54) is 18.3 Å². The molecule has 0 fully saturated rings. The Morgan fingerprint density at radius 3 is 2.63 bits per heavy atom. The van der Waals surface area contributed by atoms with E-state index in [-0.39, 0.29) is 5.56 Å². The van der Waals surface area contributed by atoms with Gasteiger partial charge in [-0.25, -0.2) is 14.6 Å². The van der Waals surface area contributed by atoms with E-state index in [9.17, 15) is 14.4 Å². The summed E-state index contributed by atoms with van der Waals surface area (Å²) in [6.07, 6.45) is -1.20. The summed E-state index contributed by atoms with van der Waals surface area (Å²) < 4.78 is 5.79. The second-order valence-electron chi connectivity index (χ2n) is 5.58. The first kappa shape index (κ1) is 18.8. The molecule has 2 aromatic heterocycles. The molecule has 0 spiro atoms. The van der Waals surface area contributed by atoms with Gasteiger partial charge in [0.25, 0.3) is 5.91 Å². The molecule has 9 heteroatoms. The molecule has 0 bridgehead atoms. The Labute approximate surface area is 163 Å². The molecule has 138 valence electrons. The number of primary amides is 1. The largest absolute Gasteiger partial charge is 0.449 e. The molecule has 3 N–H and O–H groups in total. The number of para-hydroxylation sites is 1. The van der Waals surface area contributed by atoms with Gasteiger partial charge in [-0.1, -0.05) is 29.8 Å². The highest BCUT2D eigenvalue weighted by Crippen LogP contribution is 2.32. The number of nitrogens with one attached hydrogen (secondary N) is 1. The number of nitrogens with zero attached hydrogens (tertiary/aromatic N) is 1. The van der Waals surface area contributed by atoms with Crippen LogP contribution in [-0.2, 0) is 9.53 Å². The fourth-order valence-electron chi connectivity index (χ4n) is 2.42. The van der Waals surface area contributed by atoms with E-state index in [0.717, 1.165) is 4.88 Å². The lowest BCUT2D eigenvalue weighted by atomic mass is 10.1. The number of imide groups is 1. The molecule has 0 unspecified atom stereocenters. The second-order valence-corrected chi connectivity index (χ2v) is 7.29. The Morgan fingerprint density at radius 1 is 1.22 bits per heavy atom. The lowest BCUT2D eigenvalue weighted by Crippen LogP contribution is -2.42. The van der Waals surface area contributed by atoms with E-state index in [0.29, 0.717) is 20.9 Å². The van der Waals surface area contributed by atoms with Crippen LogP contribution in [0.4, 0.5) is 4.79 Å². The van der Waals surface area contributed by atoms with Crippen LogP contribution >= 0.6 is 22.9 Å². The molecular formula is C18H14ClN3O4S. The normalized spacial score (nSPS) is 11.8. The number of urea groups is 1. The first-order chi connectivity index (χ1) is 12.8. The quantitative estimate of drug-likeness (QED) is 0.649. The van der Waals surface area contributed by atoms with Crippen LogP contribution in [0.1, 0.15) is 17.3 Å². The first-order valence-electron chi connectivity index (χ1n) is 7.82. The average Bonchev–Trinajstić information content (AvgIpc) is 3.06. The summed E-state index contributed by atoms with van der Waals surface area (Å²) in [4.78, 5) is 40.6. The Balaban J connectivity index is 1.98. The minimum atomic E-state index is -1.20. The van der Waals surface area contributed by atoms with Gasteiger partial charge in [0.05, 0.1) is 26.0 Å². The third-order valence-electron chi connectivity index (χ3n) is 3.66. The fraction of sp³-hybridized carbons (Fsp3) is 0.111. The van der Waals surface area contributed by atoms with Gasteiger partial charge >= 0.3 is 12.0 Å². The van der Waals surface area contributed by atoms with Crippen LogP contribution in [0.15, 0.2) is 42.5 Å². The van der Waals surface area contributed by atoms with Crippen molar-refractivity contribution in [3.63, 3.8) is 0 Å². The predicted octanol–water partition coefficient (Wildman–Crippen LogP) is 3.36. The first-order valence-corrected chi connectivity index (χ1v) is 9.01. The smallest absolute Gasteiger partial charge is 0.339 e. The van der Waals surface area contributed by atoms with Crippen LogP contribution in [0.5, 0.6) is 0 Å². The number of thiophene rings is 1. The van der Waals surface area contributed by atoms with Crippen LogP contribution in [0.2, 0.25) is 4.34 Å². The number of aromatic nitrogens is 1. The van der Waals surface area contributed by atoms with Crippen molar-refractivity contribution in [3.05, 3.63) is 52.4 Å². The lowest BCUT2D eigenvalue weighted by molar-refractivity contribution is -0.127. The highest BCUT2D eigenvalue weighted by Gasteiger charge is 2.22. The maximum absolute atomic E-state index is 12.7. The number of benzene rings is 1. The Kier molecular flexibility index (Phi) is 5.38.